The first-order valence-electron chi connectivity index (χ1n) is 5.32. The molecule has 0 radical (unpaired) electrons. The van der Waals surface area contributed by atoms with Gasteiger partial charge in [0.25, 0.3) is 0 Å². The zero-order valence-electron chi connectivity index (χ0n) is 9.28. The number of ether oxygens (including phenoxy) is 1. The number of aromatic nitrogens is 2. The predicted molar refractivity (Wildman–Crippen MR) is 51.4 cm³/mol. The van der Waals surface area contributed by atoms with E-state index in [1.54, 1.807) is 0 Å². The van der Waals surface area contributed by atoms with E-state index >= 15 is 0 Å². The molecule has 0 aromatic carbocycles. The highest BCUT2D eigenvalue weighted by molar-refractivity contribution is 4.96. The van der Waals surface area contributed by atoms with Gasteiger partial charge in [-0.05, 0) is 6.42 Å². The molecule has 0 amide bonds. The number of aliphatic hydroxyl groups excluding tert-OH is 1. The fraction of sp³-hybridized carbons (Fsp3) is 0.778. The van der Waals surface area contributed by atoms with Crippen LogP contribution in [0.25, 0.3) is 0 Å². The molecular weight excluding hydrogens is 255 g/mol. The Bertz CT molecular complexity index is 396. The highest BCUT2D eigenvalue weighted by Gasteiger charge is 2.29. The summed E-state index contributed by atoms with van der Waals surface area (Å²) in [7, 11) is 0. The third-order valence-electron chi connectivity index (χ3n) is 2.39. The van der Waals surface area contributed by atoms with Crippen LogP contribution in [0.2, 0.25) is 0 Å². The second-order valence-corrected chi connectivity index (χ2v) is 4.01. The van der Waals surface area contributed by atoms with Crippen molar-refractivity contribution in [2.24, 2.45) is 0 Å². The number of aliphatic hydroxyl groups is 1. The molecule has 1 unspecified atom stereocenters. The van der Waals surface area contributed by atoms with Crippen molar-refractivity contribution in [3.8, 4) is 0 Å². The molecule has 1 aromatic rings. The molecule has 1 aliphatic rings. The van der Waals surface area contributed by atoms with Gasteiger partial charge in [-0.2, -0.15) is 18.2 Å². The zero-order valence-corrected chi connectivity index (χ0v) is 9.28. The Morgan fingerprint density at radius 1 is 1.50 bits per heavy atom. The van der Waals surface area contributed by atoms with Crippen LogP contribution in [0, 0.1) is 0 Å². The van der Waals surface area contributed by atoms with E-state index in [4.69, 9.17) is 4.52 Å². The average Bonchev–Trinajstić information content (AvgIpc) is 2.85. The summed E-state index contributed by atoms with van der Waals surface area (Å²) in [6, 6.07) is -0.260. The topological polar surface area (TPSA) is 80.4 Å². The van der Waals surface area contributed by atoms with Crippen molar-refractivity contribution in [1.29, 1.82) is 0 Å². The van der Waals surface area contributed by atoms with Crippen LogP contribution < -0.4 is 5.32 Å². The van der Waals surface area contributed by atoms with Gasteiger partial charge in [0.2, 0.25) is 5.89 Å². The highest BCUT2D eigenvalue weighted by Crippen LogP contribution is 2.22. The van der Waals surface area contributed by atoms with Crippen LogP contribution in [0.1, 0.15) is 24.2 Å². The molecule has 1 aliphatic heterocycles. The summed E-state index contributed by atoms with van der Waals surface area (Å²) in [5, 5.41) is 15.8. The molecule has 2 heterocycles. The normalized spacial score (nSPS) is 24.7. The molecule has 9 heteroatoms. The second kappa shape index (κ2) is 5.21. The van der Waals surface area contributed by atoms with Crippen molar-refractivity contribution in [1.82, 2.24) is 15.5 Å². The number of halogens is 3. The Hall–Kier alpha value is -1.19. The fourth-order valence-electron chi connectivity index (χ4n) is 1.63. The third kappa shape index (κ3) is 3.65. The first-order valence-corrected chi connectivity index (χ1v) is 5.32. The van der Waals surface area contributed by atoms with Crippen LogP contribution in [-0.4, -0.2) is 40.7 Å². The molecule has 0 spiro atoms. The molecular formula is C9H12F3N3O3. The number of rotatable bonds is 4. The van der Waals surface area contributed by atoms with Gasteiger partial charge in [0.1, 0.15) is 13.2 Å². The van der Waals surface area contributed by atoms with Gasteiger partial charge in [0, 0.05) is 6.54 Å². The van der Waals surface area contributed by atoms with Gasteiger partial charge in [0.05, 0.1) is 12.1 Å². The van der Waals surface area contributed by atoms with Gasteiger partial charge in [-0.25, -0.2) is 0 Å². The standard InChI is InChI=1S/C9H12F3N3O3/c10-9(11,12)4-17-3-7-14-8(18-15-7)6-1-5(16)2-13-6/h5-6,13,16H,1-4H2/t5?,6-/m0/s1. The van der Waals surface area contributed by atoms with Gasteiger partial charge in [0.15, 0.2) is 5.82 Å². The lowest BCUT2D eigenvalue weighted by Gasteiger charge is -2.04. The number of nitrogens with zero attached hydrogens (tertiary/aromatic N) is 2. The van der Waals surface area contributed by atoms with Gasteiger partial charge < -0.3 is 19.7 Å². The molecule has 2 atom stereocenters. The van der Waals surface area contributed by atoms with Crippen molar-refractivity contribution >= 4 is 0 Å². The lowest BCUT2D eigenvalue weighted by molar-refractivity contribution is -0.177. The number of hydrogen-bond acceptors (Lipinski definition) is 6. The predicted octanol–water partition coefficient (Wildman–Crippen LogP) is 0.544. The van der Waals surface area contributed by atoms with Crippen molar-refractivity contribution in [3.05, 3.63) is 11.7 Å². The smallest absolute Gasteiger partial charge is 0.392 e. The van der Waals surface area contributed by atoms with Gasteiger partial charge in [-0.3, -0.25) is 0 Å². The van der Waals surface area contributed by atoms with Crippen LogP contribution in [0.4, 0.5) is 13.2 Å². The van der Waals surface area contributed by atoms with Crippen molar-refractivity contribution < 1.29 is 27.5 Å². The molecule has 2 N–H and O–H groups in total. The van der Waals surface area contributed by atoms with E-state index in [1.807, 2.05) is 0 Å². The van der Waals surface area contributed by atoms with Crippen LogP contribution in [-0.2, 0) is 11.3 Å². The molecule has 0 bridgehead atoms. The summed E-state index contributed by atoms with van der Waals surface area (Å²) < 4.78 is 44.8. The molecule has 1 fully saturated rings. The van der Waals surface area contributed by atoms with E-state index in [0.29, 0.717) is 13.0 Å². The van der Waals surface area contributed by atoms with Gasteiger partial charge >= 0.3 is 6.18 Å². The Kier molecular flexibility index (Phi) is 3.83. The van der Waals surface area contributed by atoms with Crippen molar-refractivity contribution in [3.63, 3.8) is 0 Å². The largest absolute Gasteiger partial charge is 0.411 e. The first kappa shape index (κ1) is 13.2. The van der Waals surface area contributed by atoms with Crippen LogP contribution >= 0.6 is 0 Å². The molecule has 1 saturated heterocycles. The maximum Gasteiger partial charge on any atom is 0.411 e. The number of hydrogen-bond donors (Lipinski definition) is 2. The minimum Gasteiger partial charge on any atom is -0.392 e. The Balaban J connectivity index is 1.83. The number of nitrogens with one attached hydrogen (secondary N) is 1. The summed E-state index contributed by atoms with van der Waals surface area (Å²) in [5.41, 5.74) is 0. The van der Waals surface area contributed by atoms with Crippen molar-refractivity contribution in [2.45, 2.75) is 31.3 Å². The van der Waals surface area contributed by atoms with E-state index < -0.39 is 18.9 Å². The maximum absolute atomic E-state index is 11.8. The molecule has 18 heavy (non-hydrogen) atoms. The summed E-state index contributed by atoms with van der Waals surface area (Å²) in [5.74, 6) is 0.301. The Morgan fingerprint density at radius 3 is 2.89 bits per heavy atom. The monoisotopic (exact) mass is 267 g/mol. The lowest BCUT2D eigenvalue weighted by atomic mass is 10.2. The number of alkyl halides is 3. The quantitative estimate of drug-likeness (QED) is 0.829. The summed E-state index contributed by atoms with van der Waals surface area (Å²) in [6.45, 7) is -1.29. The minimum absolute atomic E-state index is 0.0532. The zero-order chi connectivity index (χ0) is 13.2. The summed E-state index contributed by atoms with van der Waals surface area (Å²) >= 11 is 0. The molecule has 0 aliphatic carbocycles. The van der Waals surface area contributed by atoms with E-state index in [2.05, 4.69) is 20.2 Å². The molecule has 0 saturated carbocycles. The van der Waals surface area contributed by atoms with E-state index in [0.717, 1.165) is 0 Å². The lowest BCUT2D eigenvalue weighted by Crippen LogP contribution is -2.17. The highest BCUT2D eigenvalue weighted by atomic mass is 19.4. The fourth-order valence-corrected chi connectivity index (χ4v) is 1.63. The van der Waals surface area contributed by atoms with Crippen LogP contribution in [0.15, 0.2) is 4.52 Å². The number of β-amino-alcohol motifs (C(OH)–C–C–N with tert-alkyl or cyclic N) is 1. The Labute approximate surface area is 100 Å². The van der Waals surface area contributed by atoms with Crippen LogP contribution in [0.3, 0.4) is 0 Å². The van der Waals surface area contributed by atoms with Gasteiger partial charge in [-0.1, -0.05) is 5.16 Å². The van der Waals surface area contributed by atoms with E-state index in [-0.39, 0.29) is 24.4 Å². The van der Waals surface area contributed by atoms with Crippen LogP contribution in [0.5, 0.6) is 0 Å². The molecule has 1 aromatic heterocycles. The second-order valence-electron chi connectivity index (χ2n) is 4.01. The van der Waals surface area contributed by atoms with E-state index in [1.165, 1.54) is 0 Å². The molecule has 102 valence electrons. The third-order valence-corrected chi connectivity index (χ3v) is 2.39. The molecule has 6 nitrogen and oxygen atoms in total. The van der Waals surface area contributed by atoms with Crippen molar-refractivity contribution in [2.75, 3.05) is 13.2 Å². The summed E-state index contributed by atoms with van der Waals surface area (Å²) in [4.78, 5) is 3.90. The average molecular weight is 267 g/mol. The summed E-state index contributed by atoms with van der Waals surface area (Å²) in [6.07, 6.45) is -4.42. The van der Waals surface area contributed by atoms with Gasteiger partial charge in [-0.15, -0.1) is 0 Å². The maximum atomic E-state index is 11.8. The van der Waals surface area contributed by atoms with E-state index in [9.17, 15) is 18.3 Å². The SMILES string of the molecule is OC1CN[C@H](c2nc(COCC(F)(F)F)no2)C1. The minimum atomic E-state index is -4.37. The molecule has 2 rings (SSSR count). The Morgan fingerprint density at radius 2 is 2.28 bits per heavy atom. The first-order chi connectivity index (χ1) is 8.44.